The number of aromatic nitrogens is 2. The first kappa shape index (κ1) is 17.1. The quantitative estimate of drug-likeness (QED) is 0.794. The summed E-state index contributed by atoms with van der Waals surface area (Å²) in [7, 11) is 0. The maximum atomic E-state index is 12.2. The van der Waals surface area contributed by atoms with Gasteiger partial charge < -0.3 is 14.1 Å². The van der Waals surface area contributed by atoms with Crippen molar-refractivity contribution < 1.29 is 18.7 Å². The second-order valence-corrected chi connectivity index (χ2v) is 6.05. The SMILES string of the molecule is O=C(OCC(=O)N1CCCCCCC1)c1ccc(-c2nnco2)cc1. The monoisotopic (exact) mass is 343 g/mol. The molecule has 7 heteroatoms. The summed E-state index contributed by atoms with van der Waals surface area (Å²) in [6.45, 7) is 1.27. The lowest BCUT2D eigenvalue weighted by Gasteiger charge is -2.24. The highest BCUT2D eigenvalue weighted by Crippen LogP contribution is 2.17. The van der Waals surface area contributed by atoms with Crippen LogP contribution >= 0.6 is 0 Å². The van der Waals surface area contributed by atoms with E-state index >= 15 is 0 Å². The Labute approximate surface area is 146 Å². The van der Waals surface area contributed by atoms with Crippen molar-refractivity contribution in [2.45, 2.75) is 32.1 Å². The molecule has 3 rings (SSSR count). The molecule has 2 aromatic rings. The van der Waals surface area contributed by atoms with Crippen LogP contribution in [0.4, 0.5) is 0 Å². The molecule has 1 aromatic carbocycles. The minimum atomic E-state index is -0.516. The van der Waals surface area contributed by atoms with E-state index in [4.69, 9.17) is 9.15 Å². The molecule has 7 nitrogen and oxygen atoms in total. The lowest BCUT2D eigenvalue weighted by molar-refractivity contribution is -0.134. The highest BCUT2D eigenvalue weighted by atomic mass is 16.5. The van der Waals surface area contributed by atoms with Crippen LogP contribution in [-0.2, 0) is 9.53 Å². The number of ether oxygens (including phenoxy) is 1. The molecule has 132 valence electrons. The summed E-state index contributed by atoms with van der Waals surface area (Å²) in [6, 6.07) is 6.62. The standard InChI is InChI=1S/C18H21N3O4/c22-16(21-10-4-2-1-3-5-11-21)12-24-18(23)15-8-6-14(7-9-15)17-20-19-13-25-17/h6-9,13H,1-5,10-12H2. The zero-order valence-electron chi connectivity index (χ0n) is 14.0. The van der Waals surface area contributed by atoms with Gasteiger partial charge in [-0.15, -0.1) is 10.2 Å². The minimum Gasteiger partial charge on any atom is -0.452 e. The van der Waals surface area contributed by atoms with E-state index in [1.807, 2.05) is 0 Å². The normalized spacial score (nSPS) is 15.3. The predicted molar refractivity (Wildman–Crippen MR) is 89.7 cm³/mol. The van der Waals surface area contributed by atoms with Crippen molar-refractivity contribution in [2.24, 2.45) is 0 Å². The van der Waals surface area contributed by atoms with Gasteiger partial charge in [-0.2, -0.15) is 0 Å². The van der Waals surface area contributed by atoms with Gasteiger partial charge in [0.1, 0.15) is 0 Å². The molecule has 1 aliphatic heterocycles. The first-order chi connectivity index (χ1) is 12.2. The molecule has 0 saturated carbocycles. The Bertz CT molecular complexity index is 690. The van der Waals surface area contributed by atoms with Gasteiger partial charge in [-0.05, 0) is 37.1 Å². The molecule has 1 aromatic heterocycles. The molecule has 1 fully saturated rings. The molecule has 0 atom stereocenters. The average molecular weight is 343 g/mol. The van der Waals surface area contributed by atoms with Crippen molar-refractivity contribution in [3.05, 3.63) is 36.2 Å². The van der Waals surface area contributed by atoms with E-state index in [9.17, 15) is 9.59 Å². The van der Waals surface area contributed by atoms with Crippen molar-refractivity contribution in [3.8, 4) is 11.5 Å². The van der Waals surface area contributed by atoms with E-state index in [0.29, 0.717) is 17.0 Å². The molecular weight excluding hydrogens is 322 g/mol. The summed E-state index contributed by atoms with van der Waals surface area (Å²) in [5, 5.41) is 7.41. The largest absolute Gasteiger partial charge is 0.452 e. The second-order valence-electron chi connectivity index (χ2n) is 6.05. The molecule has 2 heterocycles. The summed E-state index contributed by atoms with van der Waals surface area (Å²) >= 11 is 0. The lowest BCUT2D eigenvalue weighted by Crippen LogP contribution is -2.36. The van der Waals surface area contributed by atoms with Gasteiger partial charge in [0.05, 0.1) is 5.56 Å². The molecule has 1 saturated heterocycles. The summed E-state index contributed by atoms with van der Waals surface area (Å²) < 4.78 is 10.3. The number of carbonyl (C=O) groups excluding carboxylic acids is 2. The number of benzene rings is 1. The van der Waals surface area contributed by atoms with E-state index in [0.717, 1.165) is 38.8 Å². The Morgan fingerprint density at radius 2 is 1.72 bits per heavy atom. The number of likely N-dealkylation sites (tertiary alicyclic amines) is 1. The smallest absolute Gasteiger partial charge is 0.338 e. The predicted octanol–water partition coefficient (Wildman–Crippen LogP) is 2.69. The summed E-state index contributed by atoms with van der Waals surface area (Å²) in [5.74, 6) is -0.262. The molecule has 0 aliphatic carbocycles. The Kier molecular flexibility index (Phi) is 5.77. The van der Waals surface area contributed by atoms with Crippen LogP contribution in [0.1, 0.15) is 42.5 Å². The van der Waals surface area contributed by atoms with Gasteiger partial charge in [-0.3, -0.25) is 4.79 Å². The van der Waals surface area contributed by atoms with Gasteiger partial charge in [0.2, 0.25) is 12.3 Å². The van der Waals surface area contributed by atoms with E-state index < -0.39 is 5.97 Å². The molecule has 0 spiro atoms. The van der Waals surface area contributed by atoms with Crippen molar-refractivity contribution in [1.29, 1.82) is 0 Å². The Morgan fingerprint density at radius 3 is 2.36 bits per heavy atom. The number of hydrogen-bond donors (Lipinski definition) is 0. The number of amides is 1. The minimum absolute atomic E-state index is 0.127. The van der Waals surface area contributed by atoms with Crippen LogP contribution in [-0.4, -0.2) is 46.7 Å². The zero-order valence-corrected chi connectivity index (χ0v) is 14.0. The number of hydrogen-bond acceptors (Lipinski definition) is 6. The Hall–Kier alpha value is -2.70. The third-order valence-electron chi connectivity index (χ3n) is 4.26. The van der Waals surface area contributed by atoms with Crippen LogP contribution in [0, 0.1) is 0 Å². The number of rotatable bonds is 4. The van der Waals surface area contributed by atoms with Crippen LogP contribution < -0.4 is 0 Å². The summed E-state index contributed by atoms with van der Waals surface area (Å²) in [6.07, 6.45) is 6.80. The van der Waals surface area contributed by atoms with Gasteiger partial charge >= 0.3 is 5.97 Å². The van der Waals surface area contributed by atoms with Gasteiger partial charge in [0, 0.05) is 18.7 Å². The van der Waals surface area contributed by atoms with Crippen molar-refractivity contribution in [1.82, 2.24) is 15.1 Å². The van der Waals surface area contributed by atoms with Gasteiger partial charge in [-0.25, -0.2) is 4.79 Å². The fourth-order valence-corrected chi connectivity index (χ4v) is 2.85. The van der Waals surface area contributed by atoms with E-state index in [-0.39, 0.29) is 12.5 Å². The first-order valence-electron chi connectivity index (χ1n) is 8.55. The third kappa shape index (κ3) is 4.65. The molecule has 0 unspecified atom stereocenters. The first-order valence-corrected chi connectivity index (χ1v) is 8.55. The van der Waals surface area contributed by atoms with Gasteiger partial charge in [0.15, 0.2) is 6.61 Å². The molecule has 0 radical (unpaired) electrons. The average Bonchev–Trinajstić information content (AvgIpc) is 3.14. The lowest BCUT2D eigenvalue weighted by atomic mass is 10.1. The summed E-state index contributed by atoms with van der Waals surface area (Å²) in [5.41, 5.74) is 1.09. The Morgan fingerprint density at radius 1 is 1.04 bits per heavy atom. The van der Waals surface area contributed by atoms with Gasteiger partial charge in [0.25, 0.3) is 5.91 Å². The number of carbonyl (C=O) groups is 2. The van der Waals surface area contributed by atoms with Crippen LogP contribution in [0.15, 0.2) is 35.1 Å². The van der Waals surface area contributed by atoms with Crippen LogP contribution in [0.3, 0.4) is 0 Å². The molecule has 1 aliphatic rings. The zero-order chi connectivity index (χ0) is 17.5. The van der Waals surface area contributed by atoms with Gasteiger partial charge in [-0.1, -0.05) is 19.3 Å². The molecular formula is C18H21N3O4. The highest BCUT2D eigenvalue weighted by molar-refractivity contribution is 5.91. The number of esters is 1. The van der Waals surface area contributed by atoms with Crippen LogP contribution in [0.25, 0.3) is 11.5 Å². The van der Waals surface area contributed by atoms with Crippen molar-refractivity contribution in [3.63, 3.8) is 0 Å². The van der Waals surface area contributed by atoms with Crippen molar-refractivity contribution >= 4 is 11.9 Å². The molecule has 25 heavy (non-hydrogen) atoms. The van der Waals surface area contributed by atoms with Crippen LogP contribution in [0.5, 0.6) is 0 Å². The molecule has 0 N–H and O–H groups in total. The topological polar surface area (TPSA) is 85.5 Å². The Balaban J connectivity index is 1.52. The maximum Gasteiger partial charge on any atom is 0.338 e. The van der Waals surface area contributed by atoms with E-state index in [1.54, 1.807) is 29.2 Å². The van der Waals surface area contributed by atoms with E-state index in [1.165, 1.54) is 12.8 Å². The van der Waals surface area contributed by atoms with Crippen LogP contribution in [0.2, 0.25) is 0 Å². The fraction of sp³-hybridized carbons (Fsp3) is 0.444. The van der Waals surface area contributed by atoms with E-state index in [2.05, 4.69) is 10.2 Å². The highest BCUT2D eigenvalue weighted by Gasteiger charge is 2.17. The molecule has 1 amide bonds. The van der Waals surface area contributed by atoms with Crippen molar-refractivity contribution in [2.75, 3.05) is 19.7 Å². The third-order valence-corrected chi connectivity index (χ3v) is 4.26. The fourth-order valence-electron chi connectivity index (χ4n) is 2.85. The maximum absolute atomic E-state index is 12.2. The summed E-state index contributed by atoms with van der Waals surface area (Å²) in [4.78, 5) is 26.1. The molecule has 0 bridgehead atoms. The second kappa shape index (κ2) is 8.41. The number of nitrogens with zero attached hydrogens (tertiary/aromatic N) is 3.